The number of imide groups is 1. The summed E-state index contributed by atoms with van der Waals surface area (Å²) in [6.07, 6.45) is -0.852. The lowest BCUT2D eigenvalue weighted by atomic mass is 9.84. The highest BCUT2D eigenvalue weighted by atomic mass is 35.6. The number of aliphatic hydroxyl groups is 1. The molecule has 0 bridgehead atoms. The van der Waals surface area contributed by atoms with Gasteiger partial charge in [0.25, 0.3) is 0 Å². The van der Waals surface area contributed by atoms with Gasteiger partial charge in [-0.2, -0.15) is 0 Å². The minimum absolute atomic E-state index is 0.124. The van der Waals surface area contributed by atoms with E-state index in [0.29, 0.717) is 6.42 Å². The van der Waals surface area contributed by atoms with Gasteiger partial charge in [-0.25, -0.2) is 0 Å². The summed E-state index contributed by atoms with van der Waals surface area (Å²) in [5, 5.41) is 10.6. The van der Waals surface area contributed by atoms with Gasteiger partial charge in [0.1, 0.15) is 4.84 Å². The molecule has 1 heterocycles. The molecule has 4 atom stereocenters. The van der Waals surface area contributed by atoms with Crippen molar-refractivity contribution < 1.29 is 14.7 Å². The molecule has 0 aromatic rings. The van der Waals surface area contributed by atoms with Gasteiger partial charge in [-0.1, -0.05) is 48.7 Å². The van der Waals surface area contributed by atoms with Crippen molar-refractivity contribution in [3.05, 3.63) is 0 Å². The first-order chi connectivity index (χ1) is 10.7. The van der Waals surface area contributed by atoms with Crippen LogP contribution in [0, 0.1) is 17.3 Å². The number of amides is 2. The standard InChI is InChI=1S/C15H22Cl5NO3/c1-7(12(16)17)5-9-11(23)14(3,4)13(24)21(9)10(22)6-8(2)15(18,19)20/h7-9,11-12,23H,5-6H2,1-4H3. The van der Waals surface area contributed by atoms with Crippen LogP contribution in [0.5, 0.6) is 0 Å². The first kappa shape index (κ1) is 22.6. The number of rotatable bonds is 5. The normalized spacial score (nSPS) is 26.8. The van der Waals surface area contributed by atoms with Crippen LogP contribution in [-0.4, -0.2) is 42.6 Å². The topological polar surface area (TPSA) is 57.6 Å². The average Bonchev–Trinajstić information content (AvgIpc) is 2.58. The number of carbonyl (C=O) groups is 2. The summed E-state index contributed by atoms with van der Waals surface area (Å²) in [6, 6.07) is -0.711. The van der Waals surface area contributed by atoms with E-state index in [1.54, 1.807) is 27.7 Å². The van der Waals surface area contributed by atoms with Gasteiger partial charge in [-0.3, -0.25) is 14.5 Å². The summed E-state index contributed by atoms with van der Waals surface area (Å²) >= 11 is 29.2. The molecule has 4 unspecified atom stereocenters. The highest BCUT2D eigenvalue weighted by molar-refractivity contribution is 6.67. The van der Waals surface area contributed by atoms with Crippen molar-refractivity contribution in [1.82, 2.24) is 4.90 Å². The third kappa shape index (κ3) is 4.83. The molecule has 1 rings (SSSR count). The zero-order valence-electron chi connectivity index (χ0n) is 13.9. The monoisotopic (exact) mass is 439 g/mol. The molecule has 4 nitrogen and oxygen atoms in total. The zero-order chi connectivity index (χ0) is 19.0. The summed E-state index contributed by atoms with van der Waals surface area (Å²) in [4.78, 5) is 25.7. The average molecular weight is 442 g/mol. The number of hydrogen-bond acceptors (Lipinski definition) is 3. The van der Waals surface area contributed by atoms with Gasteiger partial charge >= 0.3 is 0 Å². The van der Waals surface area contributed by atoms with Crippen LogP contribution in [0.1, 0.15) is 40.5 Å². The molecular formula is C15H22Cl5NO3. The molecule has 1 fully saturated rings. The molecule has 0 aromatic carbocycles. The Hall–Kier alpha value is 0.550. The Balaban J connectivity index is 3.06. The van der Waals surface area contributed by atoms with Crippen LogP contribution in [-0.2, 0) is 9.59 Å². The maximum Gasteiger partial charge on any atom is 0.237 e. The Kier molecular flexibility index (Phi) is 7.58. The number of carbonyl (C=O) groups excluding carboxylic acids is 2. The quantitative estimate of drug-likeness (QED) is 0.646. The molecular weight excluding hydrogens is 419 g/mol. The van der Waals surface area contributed by atoms with Crippen molar-refractivity contribution in [2.45, 2.75) is 61.3 Å². The van der Waals surface area contributed by atoms with Crippen LogP contribution in [0.25, 0.3) is 0 Å². The Morgan fingerprint density at radius 1 is 1.29 bits per heavy atom. The van der Waals surface area contributed by atoms with Gasteiger partial charge in [0, 0.05) is 12.3 Å². The third-order valence-corrected chi connectivity index (χ3v) is 6.54. The molecule has 1 aliphatic heterocycles. The van der Waals surface area contributed by atoms with Gasteiger partial charge in [0.05, 0.1) is 17.6 Å². The summed E-state index contributed by atoms with van der Waals surface area (Å²) in [5.41, 5.74) is -1.09. The van der Waals surface area contributed by atoms with Gasteiger partial charge in [0.2, 0.25) is 11.8 Å². The first-order valence-electron chi connectivity index (χ1n) is 7.60. The van der Waals surface area contributed by atoms with Crippen molar-refractivity contribution in [2.75, 3.05) is 0 Å². The second kappa shape index (κ2) is 8.06. The van der Waals surface area contributed by atoms with Crippen molar-refractivity contribution in [3.63, 3.8) is 0 Å². The lowest BCUT2D eigenvalue weighted by Gasteiger charge is -2.29. The smallest absolute Gasteiger partial charge is 0.237 e. The highest BCUT2D eigenvalue weighted by Gasteiger charge is 2.55. The van der Waals surface area contributed by atoms with Crippen molar-refractivity contribution in [2.24, 2.45) is 17.3 Å². The van der Waals surface area contributed by atoms with Gasteiger partial charge < -0.3 is 5.11 Å². The van der Waals surface area contributed by atoms with Crippen LogP contribution in [0.15, 0.2) is 0 Å². The Bertz CT molecular complexity index is 492. The number of nitrogens with zero attached hydrogens (tertiary/aromatic N) is 1. The predicted octanol–water partition coefficient (Wildman–Crippen LogP) is 4.34. The largest absolute Gasteiger partial charge is 0.390 e. The fraction of sp³-hybridized carbons (Fsp3) is 0.867. The fourth-order valence-electron chi connectivity index (χ4n) is 2.70. The van der Waals surface area contributed by atoms with Crippen LogP contribution < -0.4 is 0 Å². The third-order valence-electron chi connectivity index (χ3n) is 4.56. The van der Waals surface area contributed by atoms with E-state index in [0.717, 1.165) is 4.90 Å². The number of likely N-dealkylation sites (tertiary alicyclic amines) is 1. The maximum absolute atomic E-state index is 12.7. The van der Waals surface area contributed by atoms with Crippen LogP contribution in [0.3, 0.4) is 0 Å². The molecule has 0 spiro atoms. The molecule has 1 aliphatic rings. The van der Waals surface area contributed by atoms with E-state index < -0.39 is 43.9 Å². The molecule has 9 heteroatoms. The molecule has 0 aliphatic carbocycles. The predicted molar refractivity (Wildman–Crippen MR) is 98.8 cm³/mol. The van der Waals surface area contributed by atoms with E-state index in [1.807, 2.05) is 0 Å². The van der Waals surface area contributed by atoms with Crippen molar-refractivity contribution in [1.29, 1.82) is 0 Å². The summed E-state index contributed by atoms with van der Waals surface area (Å²) in [7, 11) is 0. The molecule has 1 saturated heterocycles. The Labute approximate surface area is 167 Å². The van der Waals surface area contributed by atoms with E-state index >= 15 is 0 Å². The lowest BCUT2D eigenvalue weighted by Crippen LogP contribution is -2.44. The molecule has 0 aromatic heterocycles. The number of halogens is 5. The van der Waals surface area contributed by atoms with E-state index in [1.165, 1.54) is 0 Å². The van der Waals surface area contributed by atoms with E-state index in [4.69, 9.17) is 58.0 Å². The Morgan fingerprint density at radius 3 is 2.21 bits per heavy atom. The molecule has 2 amide bonds. The number of alkyl halides is 5. The SMILES string of the molecule is CC(CC1C(O)C(C)(C)C(=O)N1C(=O)CC(C)C(Cl)(Cl)Cl)C(Cl)Cl. The van der Waals surface area contributed by atoms with Crippen molar-refractivity contribution in [3.8, 4) is 0 Å². The minimum atomic E-state index is -1.62. The molecule has 0 saturated carbocycles. The number of aliphatic hydroxyl groups excluding tert-OH is 1. The molecule has 1 N–H and O–H groups in total. The van der Waals surface area contributed by atoms with Crippen LogP contribution >= 0.6 is 58.0 Å². The number of hydrogen-bond donors (Lipinski definition) is 1. The van der Waals surface area contributed by atoms with Gasteiger partial charge in [-0.15, -0.1) is 23.2 Å². The Morgan fingerprint density at radius 2 is 1.79 bits per heavy atom. The van der Waals surface area contributed by atoms with Crippen molar-refractivity contribution >= 4 is 69.8 Å². The van der Waals surface area contributed by atoms with Crippen LogP contribution in [0.4, 0.5) is 0 Å². The highest BCUT2D eigenvalue weighted by Crippen LogP contribution is 2.42. The summed E-state index contributed by atoms with van der Waals surface area (Å²) in [6.45, 7) is 6.60. The van der Waals surface area contributed by atoms with Crippen LogP contribution in [0.2, 0.25) is 0 Å². The second-order valence-electron chi connectivity index (χ2n) is 7.00. The van der Waals surface area contributed by atoms with E-state index in [2.05, 4.69) is 0 Å². The molecule has 0 radical (unpaired) electrons. The first-order valence-corrected chi connectivity index (χ1v) is 9.61. The lowest BCUT2D eigenvalue weighted by molar-refractivity contribution is -0.147. The molecule has 140 valence electrons. The van der Waals surface area contributed by atoms with Gasteiger partial charge in [-0.05, 0) is 26.2 Å². The second-order valence-corrected chi connectivity index (χ2v) is 10.5. The molecule has 24 heavy (non-hydrogen) atoms. The maximum atomic E-state index is 12.7. The van der Waals surface area contributed by atoms with Gasteiger partial charge in [0.15, 0.2) is 3.79 Å². The fourth-order valence-corrected chi connectivity index (χ4v) is 3.14. The summed E-state index contributed by atoms with van der Waals surface area (Å²) in [5.74, 6) is -1.73. The summed E-state index contributed by atoms with van der Waals surface area (Å²) < 4.78 is -1.62. The van der Waals surface area contributed by atoms with E-state index in [-0.39, 0.29) is 12.3 Å². The van der Waals surface area contributed by atoms with E-state index in [9.17, 15) is 14.7 Å². The zero-order valence-corrected chi connectivity index (χ0v) is 17.7. The minimum Gasteiger partial charge on any atom is -0.390 e.